The largest absolute Gasteiger partial charge is 0.316 e. The molecule has 1 aliphatic carbocycles. The van der Waals surface area contributed by atoms with E-state index in [4.69, 9.17) is 0 Å². The molecule has 1 atom stereocenters. The fourth-order valence-electron chi connectivity index (χ4n) is 3.10. The summed E-state index contributed by atoms with van der Waals surface area (Å²) in [6.07, 6.45) is 6.75. The molecular formula is C16H24FN. The van der Waals surface area contributed by atoms with E-state index in [0.717, 1.165) is 19.0 Å². The van der Waals surface area contributed by atoms with Crippen molar-refractivity contribution in [3.8, 4) is 0 Å². The van der Waals surface area contributed by atoms with Gasteiger partial charge in [0.15, 0.2) is 0 Å². The monoisotopic (exact) mass is 249 g/mol. The zero-order chi connectivity index (χ0) is 12.8. The molecular weight excluding hydrogens is 225 g/mol. The quantitative estimate of drug-likeness (QED) is 0.828. The SMILES string of the molecule is CCNCC(c1ccc(F)cc1)C1CCCCC1. The van der Waals surface area contributed by atoms with Gasteiger partial charge in [-0.1, -0.05) is 38.3 Å². The average Bonchev–Trinajstić information content (AvgIpc) is 2.42. The second kappa shape index (κ2) is 6.89. The Kier molecular flexibility index (Phi) is 5.18. The summed E-state index contributed by atoms with van der Waals surface area (Å²) in [4.78, 5) is 0. The molecule has 0 aromatic heterocycles. The summed E-state index contributed by atoms with van der Waals surface area (Å²) in [6.45, 7) is 4.17. The molecule has 2 heteroatoms. The molecule has 1 aromatic carbocycles. The van der Waals surface area contributed by atoms with Crippen LogP contribution in [0, 0.1) is 11.7 Å². The summed E-state index contributed by atoms with van der Waals surface area (Å²) in [5.74, 6) is 1.18. The van der Waals surface area contributed by atoms with Crippen molar-refractivity contribution >= 4 is 0 Å². The lowest BCUT2D eigenvalue weighted by Gasteiger charge is -2.31. The fraction of sp³-hybridized carbons (Fsp3) is 0.625. The molecule has 0 amide bonds. The van der Waals surface area contributed by atoms with Crippen molar-refractivity contribution in [1.29, 1.82) is 0 Å². The van der Waals surface area contributed by atoms with Gasteiger partial charge in [-0.3, -0.25) is 0 Å². The van der Waals surface area contributed by atoms with Crippen LogP contribution >= 0.6 is 0 Å². The number of likely N-dealkylation sites (N-methyl/N-ethyl adjacent to an activating group) is 1. The molecule has 1 aliphatic rings. The Balaban J connectivity index is 2.10. The Hall–Kier alpha value is -0.890. The minimum atomic E-state index is -0.135. The Morgan fingerprint density at radius 3 is 2.44 bits per heavy atom. The zero-order valence-electron chi connectivity index (χ0n) is 11.3. The van der Waals surface area contributed by atoms with Gasteiger partial charge in [-0.2, -0.15) is 0 Å². The second-order valence-corrected chi connectivity index (χ2v) is 5.36. The van der Waals surface area contributed by atoms with Crippen LogP contribution < -0.4 is 5.32 Å². The van der Waals surface area contributed by atoms with Crippen LogP contribution in [-0.2, 0) is 0 Å². The lowest BCUT2D eigenvalue weighted by molar-refractivity contribution is 0.298. The molecule has 100 valence electrons. The molecule has 1 unspecified atom stereocenters. The van der Waals surface area contributed by atoms with Gasteiger partial charge in [-0.15, -0.1) is 0 Å². The molecule has 0 heterocycles. The van der Waals surface area contributed by atoms with E-state index in [1.807, 2.05) is 12.1 Å². The van der Waals surface area contributed by atoms with E-state index in [9.17, 15) is 4.39 Å². The first-order valence-electron chi connectivity index (χ1n) is 7.27. The molecule has 0 aliphatic heterocycles. The highest BCUT2D eigenvalue weighted by Gasteiger charge is 2.24. The zero-order valence-corrected chi connectivity index (χ0v) is 11.3. The van der Waals surface area contributed by atoms with Crippen LogP contribution in [0.2, 0.25) is 0 Å². The van der Waals surface area contributed by atoms with Crippen LogP contribution in [-0.4, -0.2) is 13.1 Å². The molecule has 1 fully saturated rings. The Morgan fingerprint density at radius 2 is 1.83 bits per heavy atom. The number of hydrogen-bond donors (Lipinski definition) is 1. The first kappa shape index (κ1) is 13.5. The van der Waals surface area contributed by atoms with Crippen LogP contribution in [0.5, 0.6) is 0 Å². The van der Waals surface area contributed by atoms with Crippen LogP contribution in [0.4, 0.5) is 4.39 Å². The third kappa shape index (κ3) is 3.55. The highest BCUT2D eigenvalue weighted by molar-refractivity contribution is 5.22. The minimum absolute atomic E-state index is 0.135. The number of nitrogens with one attached hydrogen (secondary N) is 1. The third-order valence-corrected chi connectivity index (χ3v) is 4.13. The minimum Gasteiger partial charge on any atom is -0.316 e. The molecule has 18 heavy (non-hydrogen) atoms. The molecule has 0 bridgehead atoms. The summed E-state index contributed by atoms with van der Waals surface area (Å²) >= 11 is 0. The van der Waals surface area contributed by atoms with E-state index >= 15 is 0 Å². The standard InChI is InChI=1S/C16H24FN/c1-2-18-12-16(13-6-4-3-5-7-13)14-8-10-15(17)11-9-14/h8-11,13,16,18H,2-7,12H2,1H3. The molecule has 1 N–H and O–H groups in total. The molecule has 1 aromatic rings. The fourth-order valence-corrected chi connectivity index (χ4v) is 3.10. The Bertz CT molecular complexity index is 341. The highest BCUT2D eigenvalue weighted by atomic mass is 19.1. The molecule has 2 rings (SSSR count). The lowest BCUT2D eigenvalue weighted by Crippen LogP contribution is -2.27. The predicted octanol–water partition coefficient (Wildman–Crippen LogP) is 4.10. The number of hydrogen-bond acceptors (Lipinski definition) is 1. The van der Waals surface area contributed by atoms with Gasteiger partial charge in [0.05, 0.1) is 0 Å². The van der Waals surface area contributed by atoms with E-state index in [0.29, 0.717) is 5.92 Å². The van der Waals surface area contributed by atoms with Gasteiger partial charge >= 0.3 is 0 Å². The predicted molar refractivity (Wildman–Crippen MR) is 74.3 cm³/mol. The van der Waals surface area contributed by atoms with Crippen molar-refractivity contribution in [2.75, 3.05) is 13.1 Å². The summed E-state index contributed by atoms with van der Waals surface area (Å²) in [6, 6.07) is 7.12. The molecule has 0 radical (unpaired) electrons. The Labute approximate surface area is 110 Å². The average molecular weight is 249 g/mol. The van der Waals surface area contributed by atoms with Gasteiger partial charge in [0, 0.05) is 6.54 Å². The van der Waals surface area contributed by atoms with Crippen molar-refractivity contribution in [2.24, 2.45) is 5.92 Å². The number of halogens is 1. The highest BCUT2D eigenvalue weighted by Crippen LogP contribution is 2.35. The maximum absolute atomic E-state index is 13.0. The van der Waals surface area contributed by atoms with E-state index in [-0.39, 0.29) is 5.82 Å². The summed E-state index contributed by atoms with van der Waals surface area (Å²) in [5, 5.41) is 3.46. The van der Waals surface area contributed by atoms with E-state index < -0.39 is 0 Å². The number of benzene rings is 1. The normalized spacial score (nSPS) is 18.8. The van der Waals surface area contributed by atoms with Crippen molar-refractivity contribution in [3.63, 3.8) is 0 Å². The topological polar surface area (TPSA) is 12.0 Å². The van der Waals surface area contributed by atoms with Gasteiger partial charge < -0.3 is 5.32 Å². The van der Waals surface area contributed by atoms with Gasteiger partial charge in [-0.05, 0) is 48.9 Å². The van der Waals surface area contributed by atoms with Gasteiger partial charge in [-0.25, -0.2) is 4.39 Å². The maximum Gasteiger partial charge on any atom is 0.123 e. The van der Waals surface area contributed by atoms with Crippen LogP contribution in [0.1, 0.15) is 50.5 Å². The van der Waals surface area contributed by atoms with Crippen LogP contribution in [0.25, 0.3) is 0 Å². The molecule has 0 saturated heterocycles. The summed E-state index contributed by atoms with van der Waals surface area (Å²) in [5.41, 5.74) is 1.30. The first-order chi connectivity index (χ1) is 8.81. The van der Waals surface area contributed by atoms with Gasteiger partial charge in [0.2, 0.25) is 0 Å². The molecule has 0 spiro atoms. The van der Waals surface area contributed by atoms with Gasteiger partial charge in [0.1, 0.15) is 5.82 Å². The first-order valence-corrected chi connectivity index (χ1v) is 7.27. The van der Waals surface area contributed by atoms with Crippen molar-refractivity contribution < 1.29 is 4.39 Å². The van der Waals surface area contributed by atoms with Crippen molar-refractivity contribution in [1.82, 2.24) is 5.32 Å². The van der Waals surface area contributed by atoms with Gasteiger partial charge in [0.25, 0.3) is 0 Å². The maximum atomic E-state index is 13.0. The van der Waals surface area contributed by atoms with Crippen molar-refractivity contribution in [3.05, 3.63) is 35.6 Å². The second-order valence-electron chi connectivity index (χ2n) is 5.36. The Morgan fingerprint density at radius 1 is 1.17 bits per heavy atom. The molecule has 1 saturated carbocycles. The third-order valence-electron chi connectivity index (χ3n) is 4.13. The van der Waals surface area contributed by atoms with E-state index in [1.54, 1.807) is 12.1 Å². The lowest BCUT2D eigenvalue weighted by atomic mass is 9.77. The van der Waals surface area contributed by atoms with Crippen LogP contribution in [0.15, 0.2) is 24.3 Å². The summed E-state index contributed by atoms with van der Waals surface area (Å²) < 4.78 is 13.0. The van der Waals surface area contributed by atoms with E-state index in [1.165, 1.54) is 37.7 Å². The summed E-state index contributed by atoms with van der Waals surface area (Å²) in [7, 11) is 0. The number of rotatable bonds is 5. The van der Waals surface area contributed by atoms with Crippen molar-refractivity contribution in [2.45, 2.75) is 44.9 Å². The van der Waals surface area contributed by atoms with Crippen LogP contribution in [0.3, 0.4) is 0 Å². The van der Waals surface area contributed by atoms with E-state index in [2.05, 4.69) is 12.2 Å². The smallest absolute Gasteiger partial charge is 0.123 e. The molecule has 1 nitrogen and oxygen atoms in total.